The number of carbonyl (C=O) groups is 1. The maximum absolute atomic E-state index is 11.7. The number of hydrogen-bond acceptors (Lipinski definition) is 3. The number of nitrogens with one attached hydrogen (secondary N) is 1. The second-order valence-electron chi connectivity index (χ2n) is 2.90. The maximum Gasteiger partial charge on any atom is 0.227 e. The summed E-state index contributed by atoms with van der Waals surface area (Å²) in [5.74, 6) is 0.489. The van der Waals surface area contributed by atoms with Crippen LogP contribution in [0.15, 0.2) is 30.6 Å². The van der Waals surface area contributed by atoms with E-state index >= 15 is 0 Å². The standard InChI is InChI=1S/C10H9N3O/c1-7-11-6-4-9(13-7)10(14)8-3-2-5-12-8/h2-6,12H,1H3. The van der Waals surface area contributed by atoms with Gasteiger partial charge < -0.3 is 4.98 Å². The Morgan fingerprint density at radius 1 is 1.43 bits per heavy atom. The lowest BCUT2D eigenvalue weighted by atomic mass is 10.2. The van der Waals surface area contributed by atoms with Crippen molar-refractivity contribution in [2.24, 2.45) is 0 Å². The first kappa shape index (κ1) is 8.62. The first-order valence-corrected chi connectivity index (χ1v) is 4.25. The van der Waals surface area contributed by atoms with Crippen molar-refractivity contribution >= 4 is 5.78 Å². The van der Waals surface area contributed by atoms with Gasteiger partial charge in [-0.25, -0.2) is 9.97 Å². The molecule has 2 rings (SSSR count). The summed E-state index contributed by atoms with van der Waals surface area (Å²) >= 11 is 0. The van der Waals surface area contributed by atoms with Crippen LogP contribution < -0.4 is 0 Å². The van der Waals surface area contributed by atoms with Gasteiger partial charge in [0.2, 0.25) is 5.78 Å². The quantitative estimate of drug-likeness (QED) is 0.722. The number of ketones is 1. The Bertz CT molecular complexity index is 448. The lowest BCUT2D eigenvalue weighted by Crippen LogP contribution is -2.05. The van der Waals surface area contributed by atoms with Crippen molar-refractivity contribution < 1.29 is 4.79 Å². The first-order chi connectivity index (χ1) is 6.77. The molecule has 0 aliphatic carbocycles. The van der Waals surface area contributed by atoms with E-state index in [-0.39, 0.29) is 5.78 Å². The molecule has 2 aromatic heterocycles. The Hall–Kier alpha value is -1.97. The molecule has 4 heteroatoms. The Kier molecular flexibility index (Phi) is 2.10. The molecule has 0 radical (unpaired) electrons. The van der Waals surface area contributed by atoms with E-state index in [4.69, 9.17) is 0 Å². The van der Waals surface area contributed by atoms with E-state index in [2.05, 4.69) is 15.0 Å². The molecule has 0 saturated carbocycles. The minimum atomic E-state index is -0.111. The smallest absolute Gasteiger partial charge is 0.227 e. The number of aryl methyl sites for hydroxylation is 1. The van der Waals surface area contributed by atoms with E-state index in [1.807, 2.05) is 0 Å². The lowest BCUT2D eigenvalue weighted by Gasteiger charge is -1.97. The molecule has 4 nitrogen and oxygen atoms in total. The van der Waals surface area contributed by atoms with Gasteiger partial charge in [-0.05, 0) is 25.1 Å². The van der Waals surface area contributed by atoms with Crippen molar-refractivity contribution in [3.8, 4) is 0 Å². The fourth-order valence-corrected chi connectivity index (χ4v) is 1.19. The van der Waals surface area contributed by atoms with Gasteiger partial charge in [0, 0.05) is 12.4 Å². The fourth-order valence-electron chi connectivity index (χ4n) is 1.19. The Labute approximate surface area is 81.0 Å². The zero-order valence-electron chi connectivity index (χ0n) is 7.69. The van der Waals surface area contributed by atoms with Crippen LogP contribution in [0.4, 0.5) is 0 Å². The highest BCUT2D eigenvalue weighted by Crippen LogP contribution is 2.04. The molecule has 14 heavy (non-hydrogen) atoms. The number of H-pyrrole nitrogens is 1. The van der Waals surface area contributed by atoms with E-state index in [0.29, 0.717) is 17.2 Å². The average molecular weight is 187 g/mol. The molecule has 0 amide bonds. The van der Waals surface area contributed by atoms with Crippen LogP contribution in [-0.2, 0) is 0 Å². The van der Waals surface area contributed by atoms with Crippen LogP contribution in [-0.4, -0.2) is 20.7 Å². The minimum Gasteiger partial charge on any atom is -0.358 e. The Morgan fingerprint density at radius 3 is 2.93 bits per heavy atom. The van der Waals surface area contributed by atoms with Gasteiger partial charge in [0.1, 0.15) is 11.5 Å². The van der Waals surface area contributed by atoms with E-state index in [1.165, 1.54) is 0 Å². The monoisotopic (exact) mass is 187 g/mol. The number of nitrogens with zero attached hydrogens (tertiary/aromatic N) is 2. The third-order valence-electron chi connectivity index (χ3n) is 1.85. The molecule has 0 unspecified atom stereocenters. The molecule has 0 saturated heterocycles. The van der Waals surface area contributed by atoms with Gasteiger partial charge in [-0.2, -0.15) is 0 Å². The number of aromatic nitrogens is 3. The Balaban J connectivity index is 2.37. The van der Waals surface area contributed by atoms with Crippen molar-refractivity contribution in [2.75, 3.05) is 0 Å². The summed E-state index contributed by atoms with van der Waals surface area (Å²) in [6, 6.07) is 5.11. The van der Waals surface area contributed by atoms with Crippen LogP contribution in [0.5, 0.6) is 0 Å². The van der Waals surface area contributed by atoms with Crippen molar-refractivity contribution in [3.63, 3.8) is 0 Å². The normalized spacial score (nSPS) is 10.1. The fraction of sp³-hybridized carbons (Fsp3) is 0.100. The van der Waals surface area contributed by atoms with Crippen molar-refractivity contribution in [1.29, 1.82) is 0 Å². The topological polar surface area (TPSA) is 58.6 Å². The largest absolute Gasteiger partial charge is 0.358 e. The predicted octanol–water partition coefficient (Wildman–Crippen LogP) is 1.34. The molecule has 0 bridgehead atoms. The van der Waals surface area contributed by atoms with Crippen LogP contribution in [0.25, 0.3) is 0 Å². The van der Waals surface area contributed by atoms with Crippen LogP contribution >= 0.6 is 0 Å². The highest BCUT2D eigenvalue weighted by Gasteiger charge is 2.10. The van der Waals surface area contributed by atoms with Crippen LogP contribution in [0.2, 0.25) is 0 Å². The SMILES string of the molecule is Cc1nccc(C(=O)c2ccc[nH]2)n1. The van der Waals surface area contributed by atoms with Gasteiger partial charge in [-0.15, -0.1) is 0 Å². The lowest BCUT2D eigenvalue weighted by molar-refractivity contribution is 0.103. The molecule has 2 aromatic rings. The van der Waals surface area contributed by atoms with E-state index in [0.717, 1.165) is 0 Å². The minimum absolute atomic E-state index is 0.111. The molecule has 0 aromatic carbocycles. The van der Waals surface area contributed by atoms with Gasteiger partial charge in [-0.3, -0.25) is 4.79 Å². The molecule has 0 spiro atoms. The second-order valence-corrected chi connectivity index (χ2v) is 2.90. The zero-order valence-corrected chi connectivity index (χ0v) is 7.69. The molecule has 0 atom stereocenters. The van der Waals surface area contributed by atoms with Gasteiger partial charge in [-0.1, -0.05) is 0 Å². The average Bonchev–Trinajstić information content (AvgIpc) is 2.69. The summed E-state index contributed by atoms with van der Waals surface area (Å²) in [7, 11) is 0. The van der Waals surface area contributed by atoms with Crippen LogP contribution in [0.1, 0.15) is 22.0 Å². The van der Waals surface area contributed by atoms with Crippen molar-refractivity contribution in [2.45, 2.75) is 6.92 Å². The Morgan fingerprint density at radius 2 is 2.29 bits per heavy atom. The number of aromatic amines is 1. The van der Waals surface area contributed by atoms with Gasteiger partial charge in [0.25, 0.3) is 0 Å². The van der Waals surface area contributed by atoms with E-state index in [9.17, 15) is 4.79 Å². The maximum atomic E-state index is 11.7. The molecule has 0 fully saturated rings. The van der Waals surface area contributed by atoms with Crippen molar-refractivity contribution in [3.05, 3.63) is 47.8 Å². The summed E-state index contributed by atoms with van der Waals surface area (Å²) in [6.45, 7) is 1.76. The third kappa shape index (κ3) is 1.54. The van der Waals surface area contributed by atoms with Crippen LogP contribution in [0, 0.1) is 6.92 Å². The predicted molar refractivity (Wildman–Crippen MR) is 51.0 cm³/mol. The summed E-state index contributed by atoms with van der Waals surface area (Å²) in [5, 5.41) is 0. The molecule has 70 valence electrons. The molecular formula is C10H9N3O. The highest BCUT2D eigenvalue weighted by molar-refractivity contribution is 6.06. The summed E-state index contributed by atoms with van der Waals surface area (Å²) in [6.07, 6.45) is 3.29. The molecule has 2 heterocycles. The second kappa shape index (κ2) is 3.41. The number of carbonyl (C=O) groups excluding carboxylic acids is 1. The van der Waals surface area contributed by atoms with Gasteiger partial charge in [0.15, 0.2) is 0 Å². The van der Waals surface area contributed by atoms with Gasteiger partial charge >= 0.3 is 0 Å². The molecule has 0 aliphatic heterocycles. The highest BCUT2D eigenvalue weighted by atomic mass is 16.1. The van der Waals surface area contributed by atoms with Crippen LogP contribution in [0.3, 0.4) is 0 Å². The van der Waals surface area contributed by atoms with Crippen molar-refractivity contribution in [1.82, 2.24) is 15.0 Å². The number of rotatable bonds is 2. The zero-order chi connectivity index (χ0) is 9.97. The third-order valence-corrected chi connectivity index (χ3v) is 1.85. The molecule has 1 N–H and O–H groups in total. The molecular weight excluding hydrogens is 178 g/mol. The summed E-state index contributed by atoms with van der Waals surface area (Å²) in [5.41, 5.74) is 0.961. The first-order valence-electron chi connectivity index (χ1n) is 4.25. The van der Waals surface area contributed by atoms with E-state index in [1.54, 1.807) is 37.5 Å². The van der Waals surface area contributed by atoms with E-state index < -0.39 is 0 Å². The summed E-state index contributed by atoms with van der Waals surface area (Å²) < 4.78 is 0. The molecule has 0 aliphatic rings. The number of hydrogen-bond donors (Lipinski definition) is 1. The van der Waals surface area contributed by atoms with Gasteiger partial charge in [0.05, 0.1) is 5.69 Å². The summed E-state index contributed by atoms with van der Waals surface area (Å²) in [4.78, 5) is 22.6.